The smallest absolute Gasteiger partial charge is 0.0721 e. The van der Waals surface area contributed by atoms with Gasteiger partial charge in [-0.1, -0.05) is 57.9 Å². The number of ether oxygens (including phenoxy) is 1. The van der Waals surface area contributed by atoms with Crippen LogP contribution in [0.2, 0.25) is 0 Å². The molecule has 1 aromatic rings. The molecule has 1 N–H and O–H groups in total. The Morgan fingerprint density at radius 1 is 1.10 bits per heavy atom. The van der Waals surface area contributed by atoms with E-state index < -0.39 is 0 Å². The lowest BCUT2D eigenvalue weighted by atomic mass is 9.69. The largest absolute Gasteiger partial charge is 0.375 e. The molecule has 3 rings (SSSR count). The number of rotatable bonds is 2. The van der Waals surface area contributed by atoms with Gasteiger partial charge in [0.15, 0.2) is 0 Å². The van der Waals surface area contributed by atoms with E-state index >= 15 is 0 Å². The van der Waals surface area contributed by atoms with Gasteiger partial charge in [0.05, 0.1) is 19.3 Å². The molecule has 1 aliphatic carbocycles. The van der Waals surface area contributed by atoms with E-state index in [0.717, 1.165) is 19.1 Å². The predicted octanol–water partition coefficient (Wildman–Crippen LogP) is 4.45. The zero-order chi connectivity index (χ0) is 14.9. The van der Waals surface area contributed by atoms with Crippen molar-refractivity contribution in [2.24, 2.45) is 11.3 Å². The molecule has 3 atom stereocenters. The van der Waals surface area contributed by atoms with Gasteiger partial charge in [0.2, 0.25) is 0 Å². The fourth-order valence-corrected chi connectivity index (χ4v) is 4.15. The first-order valence-electron chi connectivity index (χ1n) is 8.47. The number of benzene rings is 1. The van der Waals surface area contributed by atoms with Crippen molar-refractivity contribution in [3.05, 3.63) is 35.4 Å². The van der Waals surface area contributed by atoms with E-state index in [2.05, 4.69) is 50.4 Å². The summed E-state index contributed by atoms with van der Waals surface area (Å²) in [5, 5.41) is 3.95. The molecule has 2 aliphatic rings. The lowest BCUT2D eigenvalue weighted by Crippen LogP contribution is -2.47. The standard InChI is InChI=1S/C19H29NO/c1-19(2,3)16-10-6-7-11-17(16)20-18-13-21-12-14-8-4-5-9-15(14)18/h4-5,8-9,16-18,20H,6-7,10-13H2,1-3H3. The maximum Gasteiger partial charge on any atom is 0.0721 e. The van der Waals surface area contributed by atoms with Crippen molar-refractivity contribution >= 4 is 0 Å². The Balaban J connectivity index is 1.77. The SMILES string of the molecule is CC(C)(C)C1CCCCC1NC1COCc2ccccc21. The summed E-state index contributed by atoms with van der Waals surface area (Å²) in [5.74, 6) is 0.764. The van der Waals surface area contributed by atoms with Crippen LogP contribution in [-0.4, -0.2) is 12.6 Å². The summed E-state index contributed by atoms with van der Waals surface area (Å²) in [4.78, 5) is 0. The maximum atomic E-state index is 5.81. The van der Waals surface area contributed by atoms with E-state index in [1.807, 2.05) is 0 Å². The molecule has 1 heterocycles. The van der Waals surface area contributed by atoms with Gasteiger partial charge in [-0.05, 0) is 35.3 Å². The Kier molecular flexibility index (Phi) is 4.37. The number of hydrogen-bond donors (Lipinski definition) is 1. The fourth-order valence-electron chi connectivity index (χ4n) is 4.15. The number of hydrogen-bond acceptors (Lipinski definition) is 2. The van der Waals surface area contributed by atoms with E-state index in [9.17, 15) is 0 Å². The quantitative estimate of drug-likeness (QED) is 0.867. The van der Waals surface area contributed by atoms with Gasteiger partial charge in [0, 0.05) is 6.04 Å². The Bertz CT molecular complexity index is 477. The molecule has 2 heteroatoms. The van der Waals surface area contributed by atoms with Crippen LogP contribution in [0.25, 0.3) is 0 Å². The molecular formula is C19H29NO. The molecule has 0 bridgehead atoms. The summed E-state index contributed by atoms with van der Waals surface area (Å²) in [6.45, 7) is 8.75. The Morgan fingerprint density at radius 2 is 1.86 bits per heavy atom. The highest BCUT2D eigenvalue weighted by molar-refractivity contribution is 5.31. The van der Waals surface area contributed by atoms with Gasteiger partial charge >= 0.3 is 0 Å². The van der Waals surface area contributed by atoms with Crippen LogP contribution in [0.15, 0.2) is 24.3 Å². The van der Waals surface area contributed by atoms with Crippen molar-refractivity contribution in [1.82, 2.24) is 5.32 Å². The molecule has 0 spiro atoms. The van der Waals surface area contributed by atoms with E-state index in [-0.39, 0.29) is 0 Å². The Morgan fingerprint density at radius 3 is 2.67 bits per heavy atom. The molecule has 1 saturated carbocycles. The lowest BCUT2D eigenvalue weighted by Gasteiger charge is -2.43. The molecule has 0 aromatic heterocycles. The van der Waals surface area contributed by atoms with Crippen LogP contribution in [0.3, 0.4) is 0 Å². The van der Waals surface area contributed by atoms with Gasteiger partial charge in [-0.15, -0.1) is 0 Å². The lowest BCUT2D eigenvalue weighted by molar-refractivity contribution is 0.0594. The summed E-state index contributed by atoms with van der Waals surface area (Å²) < 4.78 is 5.81. The van der Waals surface area contributed by atoms with Crippen molar-refractivity contribution in [3.8, 4) is 0 Å². The minimum absolute atomic E-state index is 0.364. The second kappa shape index (κ2) is 6.10. The third-order valence-corrected chi connectivity index (χ3v) is 5.27. The first kappa shape index (κ1) is 15.1. The molecular weight excluding hydrogens is 258 g/mol. The highest BCUT2D eigenvalue weighted by atomic mass is 16.5. The van der Waals surface area contributed by atoms with Crippen molar-refractivity contribution in [3.63, 3.8) is 0 Å². The second-order valence-corrected chi connectivity index (χ2v) is 7.80. The Hall–Kier alpha value is -0.860. The van der Waals surface area contributed by atoms with Gasteiger partial charge in [-0.25, -0.2) is 0 Å². The second-order valence-electron chi connectivity index (χ2n) is 7.80. The molecule has 2 nitrogen and oxygen atoms in total. The summed E-state index contributed by atoms with van der Waals surface area (Å²) in [6.07, 6.45) is 5.41. The zero-order valence-corrected chi connectivity index (χ0v) is 13.7. The molecule has 1 aliphatic heterocycles. The van der Waals surface area contributed by atoms with E-state index in [0.29, 0.717) is 17.5 Å². The van der Waals surface area contributed by atoms with Gasteiger partial charge in [-0.2, -0.15) is 0 Å². The maximum absolute atomic E-state index is 5.81. The fraction of sp³-hybridized carbons (Fsp3) is 0.684. The van der Waals surface area contributed by atoms with Crippen LogP contribution < -0.4 is 5.32 Å². The van der Waals surface area contributed by atoms with Crippen LogP contribution in [0.4, 0.5) is 0 Å². The monoisotopic (exact) mass is 287 g/mol. The molecule has 0 amide bonds. The third-order valence-electron chi connectivity index (χ3n) is 5.27. The van der Waals surface area contributed by atoms with Gasteiger partial charge in [0.1, 0.15) is 0 Å². The third kappa shape index (κ3) is 3.32. The van der Waals surface area contributed by atoms with Gasteiger partial charge in [0.25, 0.3) is 0 Å². The van der Waals surface area contributed by atoms with E-state index in [4.69, 9.17) is 4.74 Å². The molecule has 1 aromatic carbocycles. The average Bonchev–Trinajstić information content (AvgIpc) is 2.47. The van der Waals surface area contributed by atoms with Gasteiger partial charge in [-0.3, -0.25) is 0 Å². The van der Waals surface area contributed by atoms with Crippen molar-refractivity contribution in [2.75, 3.05) is 6.61 Å². The van der Waals surface area contributed by atoms with Crippen LogP contribution in [-0.2, 0) is 11.3 Å². The molecule has 0 radical (unpaired) electrons. The van der Waals surface area contributed by atoms with Gasteiger partial charge < -0.3 is 10.1 Å². The summed E-state index contributed by atoms with van der Waals surface area (Å²) >= 11 is 0. The highest BCUT2D eigenvalue weighted by Gasteiger charge is 2.35. The van der Waals surface area contributed by atoms with Crippen molar-refractivity contribution < 1.29 is 4.74 Å². The van der Waals surface area contributed by atoms with Crippen molar-refractivity contribution in [2.45, 2.75) is 65.1 Å². The van der Waals surface area contributed by atoms with Crippen LogP contribution in [0.5, 0.6) is 0 Å². The van der Waals surface area contributed by atoms with E-state index in [1.54, 1.807) is 0 Å². The summed E-state index contributed by atoms with van der Waals surface area (Å²) in [7, 11) is 0. The molecule has 1 fully saturated rings. The summed E-state index contributed by atoms with van der Waals surface area (Å²) in [5.41, 5.74) is 3.18. The number of nitrogens with one attached hydrogen (secondary N) is 1. The van der Waals surface area contributed by atoms with Crippen LogP contribution in [0, 0.1) is 11.3 Å². The van der Waals surface area contributed by atoms with E-state index in [1.165, 1.54) is 36.8 Å². The average molecular weight is 287 g/mol. The molecule has 0 saturated heterocycles. The molecule has 21 heavy (non-hydrogen) atoms. The Labute approximate surface area is 129 Å². The molecule has 3 unspecified atom stereocenters. The normalized spacial score (nSPS) is 30.0. The predicted molar refractivity (Wildman–Crippen MR) is 87.2 cm³/mol. The molecule has 116 valence electrons. The first-order valence-corrected chi connectivity index (χ1v) is 8.47. The summed E-state index contributed by atoms with van der Waals surface area (Å²) in [6, 6.07) is 9.72. The van der Waals surface area contributed by atoms with Crippen LogP contribution >= 0.6 is 0 Å². The van der Waals surface area contributed by atoms with Crippen molar-refractivity contribution in [1.29, 1.82) is 0 Å². The first-order chi connectivity index (χ1) is 10.1. The number of fused-ring (bicyclic) bond motifs is 1. The minimum Gasteiger partial charge on any atom is -0.375 e. The topological polar surface area (TPSA) is 21.3 Å². The highest BCUT2D eigenvalue weighted by Crippen LogP contribution is 2.39. The zero-order valence-electron chi connectivity index (χ0n) is 13.7. The van der Waals surface area contributed by atoms with Crippen LogP contribution in [0.1, 0.15) is 63.6 Å². The minimum atomic E-state index is 0.364.